The van der Waals surface area contributed by atoms with Crippen LogP contribution in [-0.4, -0.2) is 25.3 Å². The fourth-order valence-electron chi connectivity index (χ4n) is 3.86. The molecule has 1 aliphatic rings. The number of nitrogens with two attached hydrogens (primary N) is 1. The third-order valence-corrected chi connectivity index (χ3v) is 5.23. The molecule has 1 aliphatic carbocycles. The summed E-state index contributed by atoms with van der Waals surface area (Å²) >= 11 is 0. The Morgan fingerprint density at radius 3 is 2.31 bits per heavy atom. The summed E-state index contributed by atoms with van der Waals surface area (Å²) in [5.74, 6) is 6.03. The quantitative estimate of drug-likeness (QED) is 0.416. The van der Waals surface area contributed by atoms with Crippen LogP contribution in [0, 0.1) is 11.8 Å². The van der Waals surface area contributed by atoms with Crippen molar-refractivity contribution in [3.05, 3.63) is 89.5 Å². The van der Waals surface area contributed by atoms with Crippen molar-refractivity contribution in [2.75, 3.05) is 18.5 Å². The SMILES string of the molecule is NC(=O)Nc1cccc(C#CCCNC(=O)OCC2c3ccccc3-c3ccccc32)c1. The summed E-state index contributed by atoms with van der Waals surface area (Å²) < 4.78 is 5.51. The molecule has 6 heteroatoms. The molecule has 0 saturated heterocycles. The smallest absolute Gasteiger partial charge is 0.407 e. The maximum absolute atomic E-state index is 12.2. The van der Waals surface area contributed by atoms with Crippen LogP contribution < -0.4 is 16.4 Å². The molecule has 0 spiro atoms. The normalized spacial score (nSPS) is 11.5. The number of amides is 3. The van der Waals surface area contributed by atoms with Gasteiger partial charge in [0, 0.05) is 30.1 Å². The molecule has 0 radical (unpaired) electrons. The Hall–Kier alpha value is -4.24. The Morgan fingerprint density at radius 2 is 1.62 bits per heavy atom. The summed E-state index contributed by atoms with van der Waals surface area (Å²) in [7, 11) is 0. The van der Waals surface area contributed by atoms with E-state index >= 15 is 0 Å². The first-order valence-corrected chi connectivity index (χ1v) is 10.4. The summed E-state index contributed by atoms with van der Waals surface area (Å²) in [6.07, 6.45) is 0.0128. The number of nitrogens with one attached hydrogen (secondary N) is 2. The fourth-order valence-corrected chi connectivity index (χ4v) is 3.86. The van der Waals surface area contributed by atoms with Crippen molar-refractivity contribution in [3.8, 4) is 23.0 Å². The average Bonchev–Trinajstić information content (AvgIpc) is 3.11. The lowest BCUT2D eigenvalue weighted by atomic mass is 9.98. The lowest BCUT2D eigenvalue weighted by Gasteiger charge is -2.14. The summed E-state index contributed by atoms with van der Waals surface area (Å²) in [6, 6.07) is 22.9. The van der Waals surface area contributed by atoms with E-state index in [2.05, 4.69) is 46.7 Å². The molecule has 3 amide bonds. The van der Waals surface area contributed by atoms with Crippen molar-refractivity contribution in [2.24, 2.45) is 5.73 Å². The van der Waals surface area contributed by atoms with Gasteiger partial charge in [-0.15, -0.1) is 0 Å². The summed E-state index contributed by atoms with van der Waals surface area (Å²) in [4.78, 5) is 23.1. The van der Waals surface area contributed by atoms with E-state index < -0.39 is 12.1 Å². The number of urea groups is 1. The molecule has 0 saturated carbocycles. The molecule has 4 N–H and O–H groups in total. The number of fused-ring (bicyclic) bond motifs is 3. The molecule has 0 bridgehead atoms. The molecule has 6 nitrogen and oxygen atoms in total. The van der Waals surface area contributed by atoms with Crippen LogP contribution in [0.4, 0.5) is 15.3 Å². The number of ether oxygens (including phenoxy) is 1. The molecule has 0 fully saturated rings. The van der Waals surface area contributed by atoms with Gasteiger partial charge in [0.1, 0.15) is 6.61 Å². The largest absolute Gasteiger partial charge is 0.449 e. The monoisotopic (exact) mass is 425 g/mol. The molecule has 160 valence electrons. The van der Waals surface area contributed by atoms with Gasteiger partial charge in [0.25, 0.3) is 0 Å². The number of anilines is 1. The lowest BCUT2D eigenvalue weighted by Crippen LogP contribution is -2.26. The van der Waals surface area contributed by atoms with E-state index in [1.54, 1.807) is 18.2 Å². The zero-order valence-electron chi connectivity index (χ0n) is 17.4. The lowest BCUT2D eigenvalue weighted by molar-refractivity contribution is 0.143. The first kappa shape index (κ1) is 21.0. The molecule has 0 heterocycles. The Morgan fingerprint density at radius 1 is 0.938 bits per heavy atom. The number of benzene rings is 3. The van der Waals surface area contributed by atoms with E-state index in [9.17, 15) is 9.59 Å². The first-order chi connectivity index (χ1) is 15.6. The van der Waals surface area contributed by atoms with Gasteiger partial charge < -0.3 is 21.1 Å². The van der Waals surface area contributed by atoms with E-state index in [0.717, 1.165) is 5.56 Å². The molecule has 3 aromatic rings. The van der Waals surface area contributed by atoms with Gasteiger partial charge in [0.15, 0.2) is 0 Å². The molecule has 0 aromatic heterocycles. The molecule has 0 aliphatic heterocycles. The second-order valence-corrected chi connectivity index (χ2v) is 7.37. The fraction of sp³-hybridized carbons (Fsp3) is 0.154. The van der Waals surface area contributed by atoms with Gasteiger partial charge in [-0.3, -0.25) is 0 Å². The van der Waals surface area contributed by atoms with Gasteiger partial charge in [-0.05, 0) is 40.5 Å². The Labute approximate surface area is 186 Å². The second kappa shape index (κ2) is 9.71. The van der Waals surface area contributed by atoms with Crippen LogP contribution >= 0.6 is 0 Å². The number of rotatable bonds is 5. The van der Waals surface area contributed by atoms with Gasteiger partial charge in [-0.2, -0.15) is 0 Å². The number of carbonyl (C=O) groups is 2. The molecule has 4 rings (SSSR count). The first-order valence-electron chi connectivity index (χ1n) is 10.4. The van der Waals surface area contributed by atoms with Gasteiger partial charge in [-0.1, -0.05) is 66.4 Å². The second-order valence-electron chi connectivity index (χ2n) is 7.37. The van der Waals surface area contributed by atoms with Crippen molar-refractivity contribution >= 4 is 17.8 Å². The third kappa shape index (κ3) is 4.90. The van der Waals surface area contributed by atoms with Gasteiger partial charge in [-0.25, -0.2) is 9.59 Å². The summed E-state index contributed by atoms with van der Waals surface area (Å²) in [5, 5.41) is 5.25. The van der Waals surface area contributed by atoms with Crippen LogP contribution in [0.1, 0.15) is 29.0 Å². The van der Waals surface area contributed by atoms with Crippen molar-refractivity contribution in [1.29, 1.82) is 0 Å². The van der Waals surface area contributed by atoms with Crippen LogP contribution in [0.3, 0.4) is 0 Å². The minimum atomic E-state index is -0.623. The molecular formula is C26H23N3O3. The topological polar surface area (TPSA) is 93.5 Å². The van der Waals surface area contributed by atoms with Crippen molar-refractivity contribution < 1.29 is 14.3 Å². The highest BCUT2D eigenvalue weighted by Crippen LogP contribution is 2.44. The predicted molar refractivity (Wildman–Crippen MR) is 124 cm³/mol. The van der Waals surface area contributed by atoms with Gasteiger partial charge in [0.05, 0.1) is 0 Å². The third-order valence-electron chi connectivity index (χ3n) is 5.23. The highest BCUT2D eigenvalue weighted by atomic mass is 16.5. The van der Waals surface area contributed by atoms with Crippen LogP contribution in [0.25, 0.3) is 11.1 Å². The van der Waals surface area contributed by atoms with E-state index in [0.29, 0.717) is 18.7 Å². The summed E-state index contributed by atoms with van der Waals surface area (Å²) in [5.41, 5.74) is 11.2. The average molecular weight is 425 g/mol. The number of hydrogen-bond donors (Lipinski definition) is 3. The number of carbonyl (C=O) groups excluding carboxylic acids is 2. The zero-order chi connectivity index (χ0) is 22.3. The van der Waals surface area contributed by atoms with Crippen LogP contribution in [0.5, 0.6) is 0 Å². The van der Waals surface area contributed by atoms with Crippen molar-refractivity contribution in [3.63, 3.8) is 0 Å². The number of hydrogen-bond acceptors (Lipinski definition) is 3. The number of alkyl carbamates (subject to hydrolysis) is 1. The highest BCUT2D eigenvalue weighted by Gasteiger charge is 2.28. The molecule has 0 unspecified atom stereocenters. The van der Waals surface area contributed by atoms with Crippen LogP contribution in [0.2, 0.25) is 0 Å². The highest BCUT2D eigenvalue weighted by molar-refractivity contribution is 5.88. The molecule has 32 heavy (non-hydrogen) atoms. The van der Waals surface area contributed by atoms with E-state index in [4.69, 9.17) is 10.5 Å². The minimum absolute atomic E-state index is 0.0363. The van der Waals surface area contributed by atoms with Gasteiger partial charge in [0.2, 0.25) is 0 Å². The van der Waals surface area contributed by atoms with Gasteiger partial charge >= 0.3 is 12.1 Å². The molecule has 0 atom stereocenters. The van der Waals surface area contributed by atoms with E-state index in [1.165, 1.54) is 22.3 Å². The van der Waals surface area contributed by atoms with Crippen molar-refractivity contribution in [2.45, 2.75) is 12.3 Å². The van der Waals surface area contributed by atoms with Crippen molar-refractivity contribution in [1.82, 2.24) is 5.32 Å². The minimum Gasteiger partial charge on any atom is -0.449 e. The zero-order valence-corrected chi connectivity index (χ0v) is 17.4. The standard InChI is InChI=1S/C26H23N3O3/c27-25(30)29-19-10-7-9-18(16-19)8-5-6-15-28-26(31)32-17-24-22-13-3-1-11-20(22)21-12-2-4-14-23(21)24/h1-4,7,9-14,16,24H,6,15,17H2,(H,28,31)(H3,27,29,30). The maximum Gasteiger partial charge on any atom is 0.407 e. The predicted octanol–water partition coefficient (Wildman–Crippen LogP) is 4.46. The van der Waals surface area contributed by atoms with Crippen LogP contribution in [0.15, 0.2) is 72.8 Å². The maximum atomic E-state index is 12.2. The molecular weight excluding hydrogens is 402 g/mol. The Bertz CT molecular complexity index is 1160. The number of primary amides is 1. The Balaban J connectivity index is 1.27. The molecule has 3 aromatic carbocycles. The van der Waals surface area contributed by atoms with E-state index in [-0.39, 0.29) is 12.5 Å². The Kier molecular flexibility index (Phi) is 6.38. The van der Waals surface area contributed by atoms with E-state index in [1.807, 2.05) is 30.3 Å². The van der Waals surface area contributed by atoms with Crippen LogP contribution in [-0.2, 0) is 4.74 Å². The summed E-state index contributed by atoms with van der Waals surface area (Å²) in [6.45, 7) is 0.661.